The molecule has 0 fully saturated rings. The summed E-state index contributed by atoms with van der Waals surface area (Å²) in [6, 6.07) is 0. The van der Waals surface area contributed by atoms with Gasteiger partial charge in [0.15, 0.2) is 0 Å². The molecule has 0 aromatic carbocycles. The van der Waals surface area contributed by atoms with Crippen LogP contribution in [0.5, 0.6) is 0 Å². The zero-order valence-electron chi connectivity index (χ0n) is 8.01. The van der Waals surface area contributed by atoms with Gasteiger partial charge in [-0.15, -0.1) is 0 Å². The van der Waals surface area contributed by atoms with Crippen molar-refractivity contribution < 1.29 is 9.53 Å². The highest BCUT2D eigenvalue weighted by atomic mass is 16.5. The maximum absolute atomic E-state index is 10.3. The van der Waals surface area contributed by atoms with Gasteiger partial charge in [-0.2, -0.15) is 0 Å². The van der Waals surface area contributed by atoms with Crippen LogP contribution in [-0.2, 0) is 9.53 Å². The second-order valence-corrected chi connectivity index (χ2v) is 2.74. The Morgan fingerprint density at radius 2 is 2.00 bits per heavy atom. The molecule has 0 atom stereocenters. The molecule has 0 spiro atoms. The fourth-order valence-corrected chi connectivity index (χ4v) is 0.828. The Balaban J connectivity index is 3.08. The van der Waals surface area contributed by atoms with Crippen LogP contribution in [0.3, 0.4) is 0 Å². The molecule has 0 aliphatic heterocycles. The Morgan fingerprint density at radius 1 is 1.33 bits per heavy atom. The van der Waals surface area contributed by atoms with Crippen molar-refractivity contribution in [2.75, 3.05) is 6.61 Å². The van der Waals surface area contributed by atoms with E-state index >= 15 is 0 Å². The molecule has 0 radical (unpaired) electrons. The van der Waals surface area contributed by atoms with Crippen molar-refractivity contribution in [3.63, 3.8) is 0 Å². The zero-order chi connectivity index (χ0) is 9.23. The first kappa shape index (κ1) is 11.2. The van der Waals surface area contributed by atoms with Crippen molar-refractivity contribution in [3.05, 3.63) is 12.2 Å². The van der Waals surface area contributed by atoms with Crippen LogP contribution in [0.1, 0.15) is 39.5 Å². The number of ether oxygens (including phenoxy) is 1. The van der Waals surface area contributed by atoms with Crippen LogP contribution in [0.4, 0.5) is 0 Å². The third kappa shape index (κ3) is 9.21. The molecule has 2 nitrogen and oxygen atoms in total. The Kier molecular flexibility index (Phi) is 7.76. The fraction of sp³-hybridized carbons (Fsp3) is 0.700. The minimum absolute atomic E-state index is 0.197. The number of hydrogen-bond acceptors (Lipinski definition) is 2. The topological polar surface area (TPSA) is 26.3 Å². The van der Waals surface area contributed by atoms with Gasteiger partial charge in [0.25, 0.3) is 0 Å². The summed E-state index contributed by atoms with van der Waals surface area (Å²) in [6.07, 6.45) is 8.66. The molecule has 0 aromatic heterocycles. The van der Waals surface area contributed by atoms with Gasteiger partial charge < -0.3 is 4.74 Å². The minimum atomic E-state index is -0.197. The molecule has 12 heavy (non-hydrogen) atoms. The molecule has 2 heteroatoms. The van der Waals surface area contributed by atoms with Crippen molar-refractivity contribution in [1.82, 2.24) is 0 Å². The molecule has 0 unspecified atom stereocenters. The summed E-state index contributed by atoms with van der Waals surface area (Å²) in [6.45, 7) is 4.12. The van der Waals surface area contributed by atoms with Gasteiger partial charge >= 0.3 is 5.97 Å². The minimum Gasteiger partial charge on any atom is -0.466 e. The van der Waals surface area contributed by atoms with Crippen LogP contribution in [-0.4, -0.2) is 12.6 Å². The fourth-order valence-electron chi connectivity index (χ4n) is 0.828. The molecule has 0 heterocycles. The van der Waals surface area contributed by atoms with E-state index in [0.717, 1.165) is 12.8 Å². The van der Waals surface area contributed by atoms with Crippen LogP contribution in [0.25, 0.3) is 0 Å². The number of carbonyl (C=O) groups is 1. The number of carbonyl (C=O) groups excluding carboxylic acids is 1. The SMILES string of the molecule is CCCC/C=C\CCOC(C)=O. The average Bonchev–Trinajstić information content (AvgIpc) is 2.02. The van der Waals surface area contributed by atoms with Gasteiger partial charge in [-0.3, -0.25) is 4.79 Å². The zero-order valence-corrected chi connectivity index (χ0v) is 8.01. The van der Waals surface area contributed by atoms with Crippen molar-refractivity contribution in [3.8, 4) is 0 Å². The molecule has 0 aliphatic rings. The van der Waals surface area contributed by atoms with E-state index in [0.29, 0.717) is 6.61 Å². The van der Waals surface area contributed by atoms with Crippen molar-refractivity contribution in [1.29, 1.82) is 0 Å². The first-order chi connectivity index (χ1) is 5.77. The summed E-state index contributed by atoms with van der Waals surface area (Å²) in [5.74, 6) is -0.197. The number of unbranched alkanes of at least 4 members (excludes halogenated alkanes) is 2. The predicted octanol–water partition coefficient (Wildman–Crippen LogP) is 2.69. The van der Waals surface area contributed by atoms with E-state index in [-0.39, 0.29) is 5.97 Å². The first-order valence-electron chi connectivity index (χ1n) is 4.55. The van der Waals surface area contributed by atoms with Gasteiger partial charge in [-0.05, 0) is 12.8 Å². The second-order valence-electron chi connectivity index (χ2n) is 2.74. The Labute approximate surface area is 74.6 Å². The van der Waals surface area contributed by atoms with Crippen molar-refractivity contribution >= 4 is 5.97 Å². The van der Waals surface area contributed by atoms with E-state index < -0.39 is 0 Å². The van der Waals surface area contributed by atoms with Crippen LogP contribution >= 0.6 is 0 Å². The monoisotopic (exact) mass is 170 g/mol. The lowest BCUT2D eigenvalue weighted by Gasteiger charge is -1.96. The summed E-state index contributed by atoms with van der Waals surface area (Å²) < 4.78 is 4.76. The molecule has 0 N–H and O–H groups in total. The third-order valence-corrected chi connectivity index (χ3v) is 1.48. The predicted molar refractivity (Wildman–Crippen MR) is 49.9 cm³/mol. The maximum Gasteiger partial charge on any atom is 0.302 e. The van der Waals surface area contributed by atoms with Gasteiger partial charge in [0.1, 0.15) is 0 Å². The maximum atomic E-state index is 10.3. The Hall–Kier alpha value is -0.790. The lowest BCUT2D eigenvalue weighted by atomic mass is 10.2. The van der Waals surface area contributed by atoms with Crippen molar-refractivity contribution in [2.45, 2.75) is 39.5 Å². The molecular formula is C10H18O2. The molecule has 0 amide bonds. The Morgan fingerprint density at radius 3 is 2.58 bits per heavy atom. The van der Waals surface area contributed by atoms with Gasteiger partial charge in [0.2, 0.25) is 0 Å². The smallest absolute Gasteiger partial charge is 0.302 e. The summed E-state index contributed by atoms with van der Waals surface area (Å²) in [4.78, 5) is 10.3. The number of esters is 1. The van der Waals surface area contributed by atoms with Gasteiger partial charge in [0, 0.05) is 6.92 Å². The van der Waals surface area contributed by atoms with E-state index in [1.54, 1.807) is 0 Å². The second kappa shape index (κ2) is 8.31. The van der Waals surface area contributed by atoms with Crippen molar-refractivity contribution in [2.24, 2.45) is 0 Å². The summed E-state index contributed by atoms with van der Waals surface area (Å²) >= 11 is 0. The molecule has 70 valence electrons. The first-order valence-corrected chi connectivity index (χ1v) is 4.55. The van der Waals surface area contributed by atoms with Crippen LogP contribution < -0.4 is 0 Å². The molecule has 0 aromatic rings. The standard InChI is InChI=1S/C10H18O2/c1-3-4-5-6-7-8-9-12-10(2)11/h6-7H,3-5,8-9H2,1-2H3/b7-6-. The van der Waals surface area contributed by atoms with Crippen LogP contribution in [0.2, 0.25) is 0 Å². The highest BCUT2D eigenvalue weighted by molar-refractivity contribution is 5.65. The lowest BCUT2D eigenvalue weighted by molar-refractivity contribution is -0.140. The number of allylic oxidation sites excluding steroid dienone is 1. The molecule has 0 saturated carbocycles. The molecule has 0 rings (SSSR count). The molecule has 0 aliphatic carbocycles. The van der Waals surface area contributed by atoms with Gasteiger partial charge in [-0.1, -0.05) is 31.9 Å². The van der Waals surface area contributed by atoms with Crippen LogP contribution in [0.15, 0.2) is 12.2 Å². The largest absolute Gasteiger partial charge is 0.466 e. The van der Waals surface area contributed by atoms with E-state index in [1.807, 2.05) is 0 Å². The molecule has 0 saturated heterocycles. The van der Waals surface area contributed by atoms with E-state index in [9.17, 15) is 4.79 Å². The normalized spacial score (nSPS) is 10.5. The lowest BCUT2D eigenvalue weighted by Crippen LogP contribution is -1.98. The summed E-state index contributed by atoms with van der Waals surface area (Å²) in [5.41, 5.74) is 0. The van der Waals surface area contributed by atoms with Gasteiger partial charge in [-0.25, -0.2) is 0 Å². The van der Waals surface area contributed by atoms with E-state index in [2.05, 4.69) is 19.1 Å². The average molecular weight is 170 g/mol. The van der Waals surface area contributed by atoms with E-state index in [1.165, 1.54) is 19.8 Å². The van der Waals surface area contributed by atoms with E-state index in [4.69, 9.17) is 4.74 Å². The summed E-state index contributed by atoms with van der Waals surface area (Å²) in [7, 11) is 0. The number of hydrogen-bond donors (Lipinski definition) is 0. The highest BCUT2D eigenvalue weighted by Crippen LogP contribution is 1.96. The van der Waals surface area contributed by atoms with Crippen LogP contribution in [0, 0.1) is 0 Å². The highest BCUT2D eigenvalue weighted by Gasteiger charge is 1.88. The quantitative estimate of drug-likeness (QED) is 0.348. The third-order valence-electron chi connectivity index (χ3n) is 1.48. The van der Waals surface area contributed by atoms with Gasteiger partial charge in [0.05, 0.1) is 6.61 Å². The molecular weight excluding hydrogens is 152 g/mol. The summed E-state index contributed by atoms with van der Waals surface area (Å²) in [5, 5.41) is 0. The Bertz CT molecular complexity index is 139. The molecule has 0 bridgehead atoms. The number of rotatable bonds is 6.